The maximum atomic E-state index is 2.40. The summed E-state index contributed by atoms with van der Waals surface area (Å²) in [4.78, 5) is 0. The van der Waals surface area contributed by atoms with E-state index < -0.39 is 0 Å². The van der Waals surface area contributed by atoms with Gasteiger partial charge >= 0.3 is 0 Å². The molecule has 1 atom stereocenters. The Morgan fingerprint density at radius 1 is 1.33 bits per heavy atom. The molecule has 1 rings (SSSR count). The van der Waals surface area contributed by atoms with Gasteiger partial charge < -0.3 is 0 Å². The van der Waals surface area contributed by atoms with Crippen LogP contribution in [0, 0.1) is 5.92 Å². The molecule has 0 fully saturated rings. The topological polar surface area (TPSA) is 0 Å². The molecule has 0 N–H and O–H groups in total. The van der Waals surface area contributed by atoms with Crippen molar-refractivity contribution >= 4 is 0 Å². The third-order valence-electron chi connectivity index (χ3n) is 2.99. The van der Waals surface area contributed by atoms with Crippen LogP contribution in [0.3, 0.4) is 0 Å². The molecular weight excluding hydrogens is 144 g/mol. The second-order valence-corrected chi connectivity index (χ2v) is 3.83. The van der Waals surface area contributed by atoms with Crippen LogP contribution in [-0.4, -0.2) is 0 Å². The lowest BCUT2D eigenvalue weighted by molar-refractivity contribution is 0.636. The van der Waals surface area contributed by atoms with E-state index in [9.17, 15) is 0 Å². The first-order valence-corrected chi connectivity index (χ1v) is 5.08. The minimum absolute atomic E-state index is 0.773. The summed E-state index contributed by atoms with van der Waals surface area (Å²) in [5.41, 5.74) is 4.83. The maximum Gasteiger partial charge on any atom is -0.0194 e. The molecule has 0 radical (unpaired) electrons. The van der Waals surface area contributed by atoms with Crippen LogP contribution in [0.15, 0.2) is 22.8 Å². The summed E-state index contributed by atoms with van der Waals surface area (Å²) in [5, 5.41) is 0. The van der Waals surface area contributed by atoms with E-state index in [1.807, 2.05) is 0 Å². The average Bonchev–Trinajstić information content (AvgIpc) is 2.09. The van der Waals surface area contributed by atoms with Crippen LogP contribution in [0.4, 0.5) is 0 Å². The quantitative estimate of drug-likeness (QED) is 0.576. The predicted molar refractivity (Wildman–Crippen MR) is 55.1 cm³/mol. The van der Waals surface area contributed by atoms with Crippen LogP contribution in [0.1, 0.15) is 47.0 Å². The van der Waals surface area contributed by atoms with E-state index in [1.165, 1.54) is 19.3 Å². The molecule has 0 aliphatic heterocycles. The van der Waals surface area contributed by atoms with E-state index in [-0.39, 0.29) is 0 Å². The van der Waals surface area contributed by atoms with Crippen molar-refractivity contribution in [2.45, 2.75) is 47.0 Å². The molecule has 0 bridgehead atoms. The Kier molecular flexibility index (Phi) is 3.13. The molecule has 0 aromatic carbocycles. The monoisotopic (exact) mass is 164 g/mol. The predicted octanol–water partition coefficient (Wildman–Crippen LogP) is 4.09. The van der Waals surface area contributed by atoms with Crippen LogP contribution >= 0.6 is 0 Å². The van der Waals surface area contributed by atoms with E-state index in [4.69, 9.17) is 0 Å². The Labute approximate surface area is 76.4 Å². The first-order chi connectivity index (χ1) is 5.69. The molecule has 0 aromatic heterocycles. The SMILES string of the molecule is CCC1=C(CC)CC(C)C(C)=C1. The van der Waals surface area contributed by atoms with Gasteiger partial charge in [-0.05, 0) is 37.7 Å². The van der Waals surface area contributed by atoms with Crippen molar-refractivity contribution in [3.63, 3.8) is 0 Å². The molecule has 68 valence electrons. The van der Waals surface area contributed by atoms with Crippen molar-refractivity contribution in [2.75, 3.05) is 0 Å². The van der Waals surface area contributed by atoms with E-state index in [0.717, 1.165) is 5.92 Å². The lowest BCUT2D eigenvalue weighted by Crippen LogP contribution is -2.06. The molecule has 0 aromatic rings. The summed E-state index contributed by atoms with van der Waals surface area (Å²) in [6.45, 7) is 9.11. The smallest absolute Gasteiger partial charge is 0.0194 e. The van der Waals surface area contributed by atoms with Crippen LogP contribution in [0.2, 0.25) is 0 Å². The normalized spacial score (nSPS) is 24.3. The first-order valence-electron chi connectivity index (χ1n) is 5.08. The number of hydrogen-bond donors (Lipinski definition) is 0. The highest BCUT2D eigenvalue weighted by Crippen LogP contribution is 2.31. The van der Waals surface area contributed by atoms with Gasteiger partial charge in [-0.15, -0.1) is 0 Å². The van der Waals surface area contributed by atoms with Crippen molar-refractivity contribution in [3.05, 3.63) is 22.8 Å². The zero-order valence-corrected chi connectivity index (χ0v) is 8.78. The van der Waals surface area contributed by atoms with Gasteiger partial charge in [-0.1, -0.05) is 38.0 Å². The van der Waals surface area contributed by atoms with Gasteiger partial charge in [0.25, 0.3) is 0 Å². The fourth-order valence-corrected chi connectivity index (χ4v) is 1.90. The largest absolute Gasteiger partial charge is 0.0699 e. The Hall–Kier alpha value is -0.520. The molecule has 1 aliphatic carbocycles. The third kappa shape index (κ3) is 1.80. The summed E-state index contributed by atoms with van der Waals surface area (Å²) in [6.07, 6.45) is 6.12. The van der Waals surface area contributed by atoms with E-state index in [1.54, 1.807) is 16.7 Å². The van der Waals surface area contributed by atoms with Crippen molar-refractivity contribution in [3.8, 4) is 0 Å². The summed E-state index contributed by atoms with van der Waals surface area (Å²) in [6, 6.07) is 0. The van der Waals surface area contributed by atoms with Crippen molar-refractivity contribution in [1.82, 2.24) is 0 Å². The number of rotatable bonds is 2. The van der Waals surface area contributed by atoms with Crippen molar-refractivity contribution < 1.29 is 0 Å². The fraction of sp³-hybridized carbons (Fsp3) is 0.667. The van der Waals surface area contributed by atoms with E-state index in [2.05, 4.69) is 33.8 Å². The molecule has 12 heavy (non-hydrogen) atoms. The molecule has 0 saturated heterocycles. The summed E-state index contributed by atoms with van der Waals surface area (Å²) in [7, 11) is 0. The highest BCUT2D eigenvalue weighted by molar-refractivity contribution is 5.33. The van der Waals surface area contributed by atoms with Crippen LogP contribution in [-0.2, 0) is 0 Å². The Balaban J connectivity index is 2.90. The third-order valence-corrected chi connectivity index (χ3v) is 2.99. The number of hydrogen-bond acceptors (Lipinski definition) is 0. The fourth-order valence-electron chi connectivity index (χ4n) is 1.90. The number of allylic oxidation sites excluding steroid dienone is 4. The van der Waals surface area contributed by atoms with Crippen LogP contribution in [0.25, 0.3) is 0 Å². The second kappa shape index (κ2) is 3.93. The Morgan fingerprint density at radius 2 is 2.00 bits per heavy atom. The maximum absolute atomic E-state index is 2.40. The molecule has 0 heterocycles. The standard InChI is InChI=1S/C12H20/c1-5-11-7-9(3)10(4)8-12(11)6-2/h7,10H,5-6,8H2,1-4H3. The molecular formula is C12H20. The summed E-state index contributed by atoms with van der Waals surface area (Å²) < 4.78 is 0. The van der Waals surface area contributed by atoms with Crippen LogP contribution in [0.5, 0.6) is 0 Å². The van der Waals surface area contributed by atoms with Gasteiger partial charge in [0.2, 0.25) is 0 Å². The van der Waals surface area contributed by atoms with Crippen molar-refractivity contribution in [2.24, 2.45) is 5.92 Å². The Bertz CT molecular complexity index is 218. The molecule has 0 nitrogen and oxygen atoms in total. The van der Waals surface area contributed by atoms with Gasteiger partial charge in [0, 0.05) is 0 Å². The lowest BCUT2D eigenvalue weighted by atomic mass is 9.83. The molecule has 1 aliphatic rings. The van der Waals surface area contributed by atoms with Gasteiger partial charge in [-0.3, -0.25) is 0 Å². The minimum Gasteiger partial charge on any atom is -0.0699 e. The molecule has 0 spiro atoms. The molecule has 0 amide bonds. The van der Waals surface area contributed by atoms with Gasteiger partial charge in [0.05, 0.1) is 0 Å². The summed E-state index contributed by atoms with van der Waals surface area (Å²) in [5.74, 6) is 0.773. The van der Waals surface area contributed by atoms with Gasteiger partial charge in [-0.2, -0.15) is 0 Å². The average molecular weight is 164 g/mol. The van der Waals surface area contributed by atoms with E-state index in [0.29, 0.717) is 0 Å². The van der Waals surface area contributed by atoms with Crippen LogP contribution < -0.4 is 0 Å². The van der Waals surface area contributed by atoms with Crippen molar-refractivity contribution in [1.29, 1.82) is 0 Å². The Morgan fingerprint density at radius 3 is 2.50 bits per heavy atom. The summed E-state index contributed by atoms with van der Waals surface area (Å²) >= 11 is 0. The molecule has 0 heteroatoms. The highest BCUT2D eigenvalue weighted by Gasteiger charge is 2.14. The second-order valence-electron chi connectivity index (χ2n) is 3.83. The lowest BCUT2D eigenvalue weighted by Gasteiger charge is -2.22. The zero-order valence-electron chi connectivity index (χ0n) is 8.78. The van der Waals surface area contributed by atoms with Gasteiger partial charge in [0.1, 0.15) is 0 Å². The van der Waals surface area contributed by atoms with E-state index >= 15 is 0 Å². The molecule has 1 unspecified atom stereocenters. The minimum atomic E-state index is 0.773. The van der Waals surface area contributed by atoms with Gasteiger partial charge in [0.15, 0.2) is 0 Å². The first kappa shape index (κ1) is 9.57. The molecule has 0 saturated carbocycles. The van der Waals surface area contributed by atoms with Gasteiger partial charge in [-0.25, -0.2) is 0 Å². The highest BCUT2D eigenvalue weighted by atomic mass is 14.2. The zero-order chi connectivity index (χ0) is 9.14.